The van der Waals surface area contributed by atoms with Crippen molar-refractivity contribution in [2.24, 2.45) is 0 Å². The second-order valence-corrected chi connectivity index (χ2v) is 79.2. The highest BCUT2D eigenvalue weighted by Gasteiger charge is 2.81. The van der Waals surface area contributed by atoms with E-state index in [1.807, 2.05) is 0 Å². The summed E-state index contributed by atoms with van der Waals surface area (Å²) >= 11 is 16.7. The van der Waals surface area contributed by atoms with Crippen molar-refractivity contribution in [2.45, 2.75) is 136 Å². The van der Waals surface area contributed by atoms with E-state index < -0.39 is 33.1 Å². The second-order valence-electron chi connectivity index (χ2n) is 12.0. The van der Waals surface area contributed by atoms with Gasteiger partial charge in [0.1, 0.15) is 0 Å². The van der Waals surface area contributed by atoms with Gasteiger partial charge in [0.15, 0.2) is 0 Å². The van der Waals surface area contributed by atoms with Gasteiger partial charge < -0.3 is 0 Å². The zero-order valence-corrected chi connectivity index (χ0v) is 31.0. The van der Waals surface area contributed by atoms with Crippen LogP contribution in [0, 0.1) is 0 Å². The van der Waals surface area contributed by atoms with Crippen molar-refractivity contribution in [3.63, 3.8) is 0 Å². The van der Waals surface area contributed by atoms with Gasteiger partial charge in [0.25, 0.3) is 4.14 Å². The summed E-state index contributed by atoms with van der Waals surface area (Å²) in [5, 5.41) is 0. The molecule has 0 aliphatic rings. The monoisotopic (exact) mass is 636 g/mol. The molecule has 8 heteroatoms. The lowest BCUT2D eigenvalue weighted by atomic mass is 10.5. The summed E-state index contributed by atoms with van der Waals surface area (Å²) in [5.74, 6) is 0. The first kappa shape index (κ1) is 31.3. The highest BCUT2D eigenvalue weighted by atomic mass is 79.9. The summed E-state index contributed by atoms with van der Waals surface area (Å²) in [6.45, 7) is 39.3. The minimum atomic E-state index is -2.30. The molecule has 0 saturated carbocycles. The molecule has 0 saturated heterocycles. The van der Waals surface area contributed by atoms with Crippen molar-refractivity contribution < 1.29 is 0 Å². The van der Waals surface area contributed by atoms with E-state index >= 15 is 0 Å². The van der Waals surface area contributed by atoms with Crippen LogP contribution in [0.4, 0.5) is 0 Å². The van der Waals surface area contributed by atoms with Crippen LogP contribution >= 0.6 is 41.7 Å². The van der Waals surface area contributed by atoms with Gasteiger partial charge >= 0.3 is 0 Å². The zero-order chi connectivity index (χ0) is 24.0. The van der Waals surface area contributed by atoms with Crippen molar-refractivity contribution in [1.82, 2.24) is 0 Å². The fraction of sp³-hybridized carbons (Fsp3) is 1.00. The van der Waals surface area contributed by atoms with E-state index in [1.54, 1.807) is 0 Å². The Bertz CT molecular complexity index is 453. The third kappa shape index (κ3) is 4.41. The molecule has 0 amide bonds. The van der Waals surface area contributed by atoms with E-state index in [4.69, 9.17) is 11.1 Å². The van der Waals surface area contributed by atoms with Crippen LogP contribution < -0.4 is 0 Å². The van der Waals surface area contributed by atoms with E-state index in [0.29, 0.717) is 0 Å². The lowest BCUT2D eigenvalue weighted by molar-refractivity contribution is 0.900. The van der Waals surface area contributed by atoms with Crippen molar-refractivity contribution in [2.75, 3.05) is 0 Å². The second kappa shape index (κ2) is 10.3. The van der Waals surface area contributed by atoms with E-state index in [1.165, 1.54) is 0 Å². The Labute approximate surface area is 209 Å². The van der Waals surface area contributed by atoms with Crippen molar-refractivity contribution in [1.29, 1.82) is 0 Å². The highest BCUT2D eigenvalue weighted by Crippen LogP contribution is 2.64. The van der Waals surface area contributed by atoms with Crippen LogP contribution in [0.15, 0.2) is 0 Å². The first-order valence-corrected chi connectivity index (χ1v) is 33.2. The fourth-order valence-electron chi connectivity index (χ4n) is 7.26. The standard InChI is InChI=1S/C21H51Br2ClSi5/c1-16(2)25(13,17(3)4)29(28(22,23)24,26(14,18(5)6)19(7)8)27(15,20(9)10)21(11)12/h16-21H,1-15H3. The lowest BCUT2D eigenvalue weighted by Gasteiger charge is -2.71. The first-order chi connectivity index (χ1) is 12.7. The Morgan fingerprint density at radius 1 is 0.448 bits per heavy atom. The van der Waals surface area contributed by atoms with Gasteiger partial charge in [-0.2, -0.15) is 0 Å². The summed E-state index contributed by atoms with van der Waals surface area (Å²) in [4.78, 5) is 0. The molecule has 0 bridgehead atoms. The van der Waals surface area contributed by atoms with Gasteiger partial charge in [-0.15, -0.1) is 11.1 Å². The smallest absolute Gasteiger partial charge is 0.142 e. The van der Waals surface area contributed by atoms with Gasteiger partial charge in [-0.05, 0) is 0 Å². The maximum atomic E-state index is 7.91. The summed E-state index contributed by atoms with van der Waals surface area (Å²) in [6.07, 6.45) is -1.98. The molecule has 0 nitrogen and oxygen atoms in total. The Balaban J connectivity index is 8.27. The van der Waals surface area contributed by atoms with Crippen LogP contribution in [0.3, 0.4) is 0 Å². The average Bonchev–Trinajstić information content (AvgIpc) is 2.51. The van der Waals surface area contributed by atoms with Gasteiger partial charge in [-0.25, -0.2) is 0 Å². The molecule has 0 N–H and O–H groups in total. The SMILES string of the molecule is CC(C)[Si](C)(C(C)C)[Si]([Si](Cl)(Br)Br)([Si](C)(C(C)C)C(C)C)[Si](C)(C(C)C)C(C)C. The van der Waals surface area contributed by atoms with Gasteiger partial charge in [0.2, 0.25) is 0 Å². The quantitative estimate of drug-likeness (QED) is 0.165. The molecule has 0 aromatic heterocycles. The Kier molecular flexibility index (Phi) is 11.1. The minimum absolute atomic E-state index is 0.767. The summed E-state index contributed by atoms with van der Waals surface area (Å²) in [7, 11) is -5.23. The molecule has 0 rings (SSSR count). The lowest BCUT2D eigenvalue weighted by Crippen LogP contribution is -2.96. The molecule has 0 atom stereocenters. The maximum absolute atomic E-state index is 7.91. The molecule has 176 valence electrons. The summed E-state index contributed by atoms with van der Waals surface area (Å²) in [6, 6.07) is 0. The number of hydrogen-bond donors (Lipinski definition) is 0. The predicted octanol–water partition coefficient (Wildman–Crippen LogP) is 10.4. The van der Waals surface area contributed by atoms with Crippen LogP contribution in [0.5, 0.6) is 0 Å². The fourth-order valence-corrected chi connectivity index (χ4v) is 234. The molecular weight excluding hydrogens is 588 g/mol. The van der Waals surface area contributed by atoms with Crippen molar-refractivity contribution in [3.8, 4) is 0 Å². The topological polar surface area (TPSA) is 0 Å². The molecule has 29 heavy (non-hydrogen) atoms. The van der Waals surface area contributed by atoms with Crippen LogP contribution in [-0.4, -0.2) is 33.1 Å². The van der Waals surface area contributed by atoms with E-state index in [-0.39, 0.29) is 0 Å². The molecular formula is C21H51Br2ClSi5. The number of hydrogen-bond acceptors (Lipinski definition) is 0. The van der Waals surface area contributed by atoms with E-state index in [9.17, 15) is 0 Å². The Morgan fingerprint density at radius 2 is 0.586 bits per heavy atom. The predicted molar refractivity (Wildman–Crippen MR) is 161 cm³/mol. The van der Waals surface area contributed by atoms with Crippen LogP contribution in [0.2, 0.25) is 52.9 Å². The Morgan fingerprint density at radius 3 is 0.655 bits per heavy atom. The molecule has 0 heterocycles. The maximum Gasteiger partial charge on any atom is 0.271 e. The third-order valence-electron chi connectivity index (χ3n) is 10.0. The van der Waals surface area contributed by atoms with Crippen molar-refractivity contribution >= 4 is 74.7 Å². The van der Waals surface area contributed by atoms with Crippen LogP contribution in [-0.2, 0) is 0 Å². The molecule has 0 fully saturated rings. The minimum Gasteiger partial charge on any atom is -0.142 e. The van der Waals surface area contributed by atoms with Crippen molar-refractivity contribution in [3.05, 3.63) is 0 Å². The van der Waals surface area contributed by atoms with E-state index in [0.717, 1.165) is 33.2 Å². The molecule has 0 spiro atoms. The van der Waals surface area contributed by atoms with Gasteiger partial charge in [0.05, 0.1) is 6.14 Å². The van der Waals surface area contributed by atoms with Crippen LogP contribution in [0.25, 0.3) is 0 Å². The first-order valence-electron chi connectivity index (χ1n) is 11.7. The highest BCUT2D eigenvalue weighted by molar-refractivity contribution is 9.56. The van der Waals surface area contributed by atoms with Crippen LogP contribution in [0.1, 0.15) is 83.1 Å². The molecule has 0 aliphatic heterocycles. The molecule has 0 radical (unpaired) electrons. The van der Waals surface area contributed by atoms with Gasteiger partial charge in [-0.1, -0.05) is 167 Å². The number of halogens is 3. The summed E-state index contributed by atoms with van der Waals surface area (Å²) < 4.78 is -2.30. The molecule has 0 aromatic rings. The summed E-state index contributed by atoms with van der Waals surface area (Å²) in [5.41, 5.74) is 4.60. The van der Waals surface area contributed by atoms with E-state index in [2.05, 4.69) is 133 Å². The van der Waals surface area contributed by atoms with Gasteiger partial charge in [0, 0.05) is 22.8 Å². The third-order valence-corrected chi connectivity index (χ3v) is 149. The average molecular weight is 639 g/mol. The number of rotatable bonds is 10. The molecule has 0 aliphatic carbocycles. The zero-order valence-electron chi connectivity index (χ0n) is 22.1. The normalized spacial score (nSPS) is 15.7. The molecule has 0 unspecified atom stereocenters. The van der Waals surface area contributed by atoms with Gasteiger partial charge in [-0.3, -0.25) is 0 Å². The molecule has 0 aromatic carbocycles. The largest absolute Gasteiger partial charge is 0.271 e. The Hall–Kier alpha value is 2.33.